The third-order valence-electron chi connectivity index (χ3n) is 5.03. The molecule has 158 valence electrons. The number of carbonyl (C=O) groups excluding carboxylic acids is 1. The van der Waals surface area contributed by atoms with Gasteiger partial charge in [-0.15, -0.1) is 0 Å². The van der Waals surface area contributed by atoms with Gasteiger partial charge in [-0.05, 0) is 36.2 Å². The quantitative estimate of drug-likeness (QED) is 0.461. The van der Waals surface area contributed by atoms with Gasteiger partial charge in [0.1, 0.15) is 11.6 Å². The second-order valence-electron chi connectivity index (χ2n) is 7.11. The van der Waals surface area contributed by atoms with Crippen molar-refractivity contribution in [2.45, 2.75) is 19.9 Å². The smallest absolute Gasteiger partial charge is 0.337 e. The molecule has 0 amide bonds. The summed E-state index contributed by atoms with van der Waals surface area (Å²) in [6.45, 7) is 2.53. The zero-order valence-corrected chi connectivity index (χ0v) is 17.6. The van der Waals surface area contributed by atoms with Crippen LogP contribution in [0, 0.1) is 0 Å². The van der Waals surface area contributed by atoms with Crippen LogP contribution >= 0.6 is 0 Å². The highest BCUT2D eigenvalue weighted by Crippen LogP contribution is 2.28. The Morgan fingerprint density at radius 2 is 1.94 bits per heavy atom. The van der Waals surface area contributed by atoms with Crippen LogP contribution in [0.1, 0.15) is 28.5 Å². The maximum Gasteiger partial charge on any atom is 0.337 e. The number of methoxy groups -OCH3 is 1. The van der Waals surface area contributed by atoms with Gasteiger partial charge in [-0.3, -0.25) is 0 Å². The minimum atomic E-state index is -0.393. The van der Waals surface area contributed by atoms with Crippen LogP contribution in [0.4, 0.5) is 5.82 Å². The van der Waals surface area contributed by atoms with E-state index in [9.17, 15) is 9.90 Å². The van der Waals surface area contributed by atoms with Crippen LogP contribution in [0.25, 0.3) is 22.4 Å². The number of fused-ring (bicyclic) bond motifs is 1. The number of hydrogen-bond acceptors (Lipinski definition) is 7. The molecule has 0 aliphatic carbocycles. The number of aryl methyl sites for hydroxylation is 2. The van der Waals surface area contributed by atoms with Crippen molar-refractivity contribution in [1.82, 2.24) is 19.7 Å². The van der Waals surface area contributed by atoms with E-state index in [-0.39, 0.29) is 5.75 Å². The van der Waals surface area contributed by atoms with Crippen molar-refractivity contribution in [2.24, 2.45) is 7.05 Å². The van der Waals surface area contributed by atoms with E-state index < -0.39 is 5.97 Å². The largest absolute Gasteiger partial charge is 0.508 e. The van der Waals surface area contributed by atoms with Gasteiger partial charge < -0.3 is 15.2 Å². The lowest BCUT2D eigenvalue weighted by molar-refractivity contribution is 0.0600. The molecule has 0 unspecified atom stereocenters. The first-order valence-electron chi connectivity index (χ1n) is 9.94. The third kappa shape index (κ3) is 4.05. The van der Waals surface area contributed by atoms with Gasteiger partial charge >= 0.3 is 5.97 Å². The molecule has 2 heterocycles. The van der Waals surface area contributed by atoms with Crippen LogP contribution in [-0.2, 0) is 24.8 Å². The summed E-state index contributed by atoms with van der Waals surface area (Å²) in [5.74, 6) is 1.02. The molecule has 0 radical (unpaired) electrons. The number of nitrogens with zero attached hydrogens (tertiary/aromatic N) is 4. The fourth-order valence-electron chi connectivity index (χ4n) is 3.46. The summed E-state index contributed by atoms with van der Waals surface area (Å²) in [5.41, 5.74) is 3.79. The molecule has 0 aliphatic heterocycles. The van der Waals surface area contributed by atoms with Gasteiger partial charge in [0.05, 0.1) is 23.8 Å². The molecule has 8 heteroatoms. The van der Waals surface area contributed by atoms with E-state index in [1.165, 1.54) is 7.11 Å². The van der Waals surface area contributed by atoms with Gasteiger partial charge in [0, 0.05) is 19.2 Å². The van der Waals surface area contributed by atoms with Gasteiger partial charge in [0.2, 0.25) is 0 Å². The van der Waals surface area contributed by atoms with Crippen LogP contribution in [0.2, 0.25) is 0 Å². The minimum Gasteiger partial charge on any atom is -0.508 e. The van der Waals surface area contributed by atoms with Gasteiger partial charge in [-0.25, -0.2) is 19.4 Å². The summed E-state index contributed by atoms with van der Waals surface area (Å²) in [7, 11) is 3.21. The maximum absolute atomic E-state index is 11.7. The van der Waals surface area contributed by atoms with Crippen LogP contribution in [0.15, 0.2) is 48.5 Å². The van der Waals surface area contributed by atoms with Gasteiger partial charge in [-0.1, -0.05) is 31.2 Å². The predicted octanol–water partition coefficient (Wildman–Crippen LogP) is 3.70. The van der Waals surface area contributed by atoms with Crippen molar-refractivity contribution in [3.63, 3.8) is 0 Å². The molecule has 0 saturated heterocycles. The number of hydrogen-bond donors (Lipinski definition) is 2. The van der Waals surface area contributed by atoms with E-state index in [1.807, 2.05) is 20.0 Å². The molecule has 0 bridgehead atoms. The van der Waals surface area contributed by atoms with E-state index in [2.05, 4.69) is 10.4 Å². The van der Waals surface area contributed by atoms with E-state index in [4.69, 9.17) is 14.7 Å². The van der Waals surface area contributed by atoms with Gasteiger partial charge in [0.25, 0.3) is 0 Å². The number of nitrogens with one attached hydrogen (secondary N) is 1. The van der Waals surface area contributed by atoms with Crippen molar-refractivity contribution in [2.75, 3.05) is 12.4 Å². The Morgan fingerprint density at radius 3 is 2.61 bits per heavy atom. The average molecular weight is 417 g/mol. The fourth-order valence-corrected chi connectivity index (χ4v) is 3.46. The number of aromatic nitrogens is 4. The molecule has 31 heavy (non-hydrogen) atoms. The summed E-state index contributed by atoms with van der Waals surface area (Å²) in [5, 5.41) is 18.6. The predicted molar refractivity (Wildman–Crippen MR) is 118 cm³/mol. The monoisotopic (exact) mass is 417 g/mol. The first-order chi connectivity index (χ1) is 15.0. The van der Waals surface area contributed by atoms with Gasteiger partial charge in [0.15, 0.2) is 11.5 Å². The third-order valence-corrected chi connectivity index (χ3v) is 5.03. The van der Waals surface area contributed by atoms with Crippen LogP contribution in [0.3, 0.4) is 0 Å². The summed E-state index contributed by atoms with van der Waals surface area (Å²) in [6, 6.07) is 14.1. The SMILES string of the molecule is CCc1nn(C)c2nc(-c3ccc(C(=O)OC)cc3)nc(NCc3cccc(O)c3)c12. The molecule has 0 aliphatic rings. The van der Waals surface area contributed by atoms with E-state index in [0.29, 0.717) is 23.8 Å². The number of esters is 1. The van der Waals surface area contributed by atoms with Gasteiger partial charge in [-0.2, -0.15) is 5.10 Å². The lowest BCUT2D eigenvalue weighted by Crippen LogP contribution is -2.05. The number of rotatable bonds is 6. The molecule has 2 aromatic carbocycles. The Morgan fingerprint density at radius 1 is 1.16 bits per heavy atom. The first kappa shape index (κ1) is 20.3. The minimum absolute atomic E-state index is 0.217. The highest BCUT2D eigenvalue weighted by atomic mass is 16.5. The average Bonchev–Trinajstić information content (AvgIpc) is 3.13. The highest BCUT2D eigenvalue weighted by molar-refractivity contribution is 5.92. The maximum atomic E-state index is 11.7. The number of phenolic OH excluding ortho intramolecular Hbond substituents is 1. The number of phenols is 1. The molecule has 2 aromatic heterocycles. The lowest BCUT2D eigenvalue weighted by Gasteiger charge is -2.11. The molecule has 2 N–H and O–H groups in total. The topological polar surface area (TPSA) is 102 Å². The molecule has 0 atom stereocenters. The van der Waals surface area contributed by atoms with E-state index in [1.54, 1.807) is 47.1 Å². The molecule has 4 rings (SSSR count). The van der Waals surface area contributed by atoms with Crippen LogP contribution < -0.4 is 5.32 Å². The Bertz CT molecular complexity index is 1250. The standard InChI is InChI=1S/C23H23N5O3/c1-4-18-19-21(24-13-14-6-5-7-17(29)12-14)25-20(26-22(19)28(2)27-18)15-8-10-16(11-9-15)23(30)31-3/h5-12,29H,4,13H2,1-3H3,(H,24,25,26). The van der Waals surface area contributed by atoms with Crippen LogP contribution in [-0.4, -0.2) is 37.9 Å². The summed E-state index contributed by atoms with van der Waals surface area (Å²) >= 11 is 0. The zero-order valence-electron chi connectivity index (χ0n) is 17.6. The number of benzene rings is 2. The lowest BCUT2D eigenvalue weighted by atomic mass is 10.1. The van der Waals surface area contributed by atoms with Crippen molar-refractivity contribution in [3.8, 4) is 17.1 Å². The van der Waals surface area contributed by atoms with E-state index in [0.717, 1.165) is 34.3 Å². The number of aromatic hydroxyl groups is 1. The van der Waals surface area contributed by atoms with Crippen LogP contribution in [0.5, 0.6) is 5.75 Å². The highest BCUT2D eigenvalue weighted by Gasteiger charge is 2.17. The molecule has 0 saturated carbocycles. The molecule has 0 fully saturated rings. The fraction of sp³-hybridized carbons (Fsp3) is 0.217. The first-order valence-corrected chi connectivity index (χ1v) is 9.94. The zero-order chi connectivity index (χ0) is 22.0. The molecule has 8 nitrogen and oxygen atoms in total. The Kier molecular flexibility index (Phi) is 5.53. The summed E-state index contributed by atoms with van der Waals surface area (Å²) in [4.78, 5) is 21.2. The second-order valence-corrected chi connectivity index (χ2v) is 7.11. The number of carbonyl (C=O) groups is 1. The van der Waals surface area contributed by atoms with Crippen molar-refractivity contribution in [1.29, 1.82) is 0 Å². The summed E-state index contributed by atoms with van der Waals surface area (Å²) in [6.07, 6.45) is 0.745. The Hall–Kier alpha value is -3.94. The molecule has 4 aromatic rings. The van der Waals surface area contributed by atoms with Crippen molar-refractivity contribution >= 4 is 22.8 Å². The van der Waals surface area contributed by atoms with Crippen molar-refractivity contribution in [3.05, 3.63) is 65.4 Å². The van der Waals surface area contributed by atoms with E-state index >= 15 is 0 Å². The molecule has 0 spiro atoms. The number of ether oxygens (including phenoxy) is 1. The second kappa shape index (κ2) is 8.43. The number of anilines is 1. The Balaban J connectivity index is 1.77. The molecular formula is C23H23N5O3. The normalized spacial score (nSPS) is 10.9. The molecular weight excluding hydrogens is 394 g/mol. The Labute approximate surface area is 179 Å². The van der Waals surface area contributed by atoms with Crippen molar-refractivity contribution < 1.29 is 14.6 Å². The summed E-state index contributed by atoms with van der Waals surface area (Å²) < 4.78 is 6.51.